The first-order valence-electron chi connectivity index (χ1n) is 9.86. The molecule has 148 valence electrons. The zero-order chi connectivity index (χ0) is 19.5. The van der Waals surface area contributed by atoms with Crippen molar-refractivity contribution in [3.8, 4) is 0 Å². The Morgan fingerprint density at radius 1 is 1.14 bits per heavy atom. The molecule has 1 unspecified atom stereocenters. The minimum atomic E-state index is -1.09. The molecule has 1 aliphatic rings. The summed E-state index contributed by atoms with van der Waals surface area (Å²) in [5.41, 5.74) is 3.84. The minimum absolute atomic E-state index is 0.466. The van der Waals surface area contributed by atoms with Crippen LogP contribution in [0.25, 0.3) is 11.1 Å². The third-order valence-electron chi connectivity index (χ3n) is 5.60. The molecule has 3 aromatic rings. The van der Waals surface area contributed by atoms with Crippen molar-refractivity contribution in [3.63, 3.8) is 0 Å². The lowest BCUT2D eigenvalue weighted by Crippen LogP contribution is -2.36. The Labute approximate surface area is 167 Å². The number of hydrogen-bond acceptors (Lipinski definition) is 4. The summed E-state index contributed by atoms with van der Waals surface area (Å²) < 4.78 is 17.7. The summed E-state index contributed by atoms with van der Waals surface area (Å²) in [6.45, 7) is 5.09. The maximum Gasteiger partial charge on any atom is 0.417 e. The summed E-state index contributed by atoms with van der Waals surface area (Å²) in [7, 11) is -1.09. The molecule has 0 bridgehead atoms. The quantitative estimate of drug-likeness (QED) is 0.690. The summed E-state index contributed by atoms with van der Waals surface area (Å²) in [6.07, 6.45) is 3.55. The van der Waals surface area contributed by atoms with Gasteiger partial charge in [0.05, 0.1) is 16.3 Å². The third kappa shape index (κ3) is 4.62. The van der Waals surface area contributed by atoms with Gasteiger partial charge >= 0.3 is 5.76 Å². The fraction of sp³-hybridized carbons (Fsp3) is 0.409. The Balaban J connectivity index is 1.25. The molecule has 2 aromatic carbocycles. The highest BCUT2D eigenvalue weighted by Crippen LogP contribution is 2.22. The predicted octanol–water partition coefficient (Wildman–Crippen LogP) is 3.49. The number of piperidine rings is 1. The number of aromatic amines is 1. The molecule has 0 saturated carbocycles. The molecule has 1 aliphatic heterocycles. The van der Waals surface area contributed by atoms with Crippen LogP contribution in [0.15, 0.2) is 56.6 Å². The molecule has 1 saturated heterocycles. The fourth-order valence-corrected chi connectivity index (χ4v) is 4.99. The normalized spacial score (nSPS) is 17.2. The van der Waals surface area contributed by atoms with E-state index in [1.54, 1.807) is 18.2 Å². The van der Waals surface area contributed by atoms with Gasteiger partial charge in [0.25, 0.3) is 0 Å². The second-order valence-electron chi connectivity index (χ2n) is 7.70. The number of aromatic nitrogens is 1. The number of aryl methyl sites for hydroxylation is 1. The standard InChI is InChI=1S/C22H26N2O3S/c1-16-2-4-17(5-3-16)14-18-8-10-24(11-9-18)12-13-28(26)19-6-7-20-21(15-19)27-22(25)23-20/h2-7,15,18H,8-14H2,1H3,(H,23,25). The second-order valence-corrected chi connectivity index (χ2v) is 9.27. The van der Waals surface area contributed by atoms with Gasteiger partial charge in [-0.05, 0) is 69.0 Å². The highest BCUT2D eigenvalue weighted by atomic mass is 32.2. The van der Waals surface area contributed by atoms with Crippen LogP contribution in [-0.4, -0.2) is 39.5 Å². The molecule has 0 aliphatic carbocycles. The van der Waals surface area contributed by atoms with Gasteiger partial charge in [-0.1, -0.05) is 29.8 Å². The van der Waals surface area contributed by atoms with Crippen molar-refractivity contribution in [2.75, 3.05) is 25.4 Å². The monoisotopic (exact) mass is 398 g/mol. The van der Waals surface area contributed by atoms with E-state index in [1.807, 2.05) is 0 Å². The van der Waals surface area contributed by atoms with Crippen LogP contribution in [0.2, 0.25) is 0 Å². The first-order valence-corrected chi connectivity index (χ1v) is 11.2. The molecule has 1 fully saturated rings. The number of H-pyrrole nitrogens is 1. The fourth-order valence-electron chi connectivity index (χ4n) is 3.87. The maximum absolute atomic E-state index is 12.6. The lowest BCUT2D eigenvalue weighted by molar-refractivity contribution is 0.193. The topological polar surface area (TPSA) is 66.3 Å². The van der Waals surface area contributed by atoms with Crippen molar-refractivity contribution in [3.05, 3.63) is 64.1 Å². The molecule has 4 rings (SSSR count). The van der Waals surface area contributed by atoms with Crippen molar-refractivity contribution in [2.24, 2.45) is 5.92 Å². The average Bonchev–Trinajstić information content (AvgIpc) is 3.08. The zero-order valence-corrected chi connectivity index (χ0v) is 17.0. The van der Waals surface area contributed by atoms with E-state index < -0.39 is 16.6 Å². The van der Waals surface area contributed by atoms with Gasteiger partial charge < -0.3 is 9.32 Å². The Morgan fingerprint density at radius 3 is 2.64 bits per heavy atom. The van der Waals surface area contributed by atoms with Crippen molar-refractivity contribution >= 4 is 21.9 Å². The number of fused-ring (bicyclic) bond motifs is 1. The van der Waals surface area contributed by atoms with Crippen LogP contribution in [-0.2, 0) is 17.2 Å². The number of rotatable bonds is 6. The third-order valence-corrected chi connectivity index (χ3v) is 6.93. The van der Waals surface area contributed by atoms with Crippen LogP contribution in [0.5, 0.6) is 0 Å². The average molecular weight is 399 g/mol. The molecule has 0 radical (unpaired) electrons. The molecule has 1 atom stereocenters. The SMILES string of the molecule is Cc1ccc(CC2CCN(CCS(=O)c3ccc4[nH]c(=O)oc4c3)CC2)cc1. The van der Waals surface area contributed by atoms with Gasteiger partial charge in [-0.25, -0.2) is 4.79 Å². The Morgan fingerprint density at radius 2 is 1.89 bits per heavy atom. The molecule has 28 heavy (non-hydrogen) atoms. The summed E-state index contributed by atoms with van der Waals surface area (Å²) in [6, 6.07) is 14.1. The van der Waals surface area contributed by atoms with Crippen LogP contribution >= 0.6 is 0 Å². The molecule has 1 N–H and O–H groups in total. The van der Waals surface area contributed by atoms with Crippen LogP contribution in [0, 0.1) is 12.8 Å². The smallest absolute Gasteiger partial charge is 0.408 e. The van der Waals surface area contributed by atoms with Crippen LogP contribution < -0.4 is 5.76 Å². The first-order chi connectivity index (χ1) is 13.6. The summed E-state index contributed by atoms with van der Waals surface area (Å²) in [4.78, 5) is 17.0. The van der Waals surface area contributed by atoms with Gasteiger partial charge in [0.2, 0.25) is 0 Å². The van der Waals surface area contributed by atoms with Gasteiger partial charge in [0.15, 0.2) is 5.58 Å². The van der Waals surface area contributed by atoms with E-state index >= 15 is 0 Å². The van der Waals surface area contributed by atoms with E-state index in [0.717, 1.165) is 32.0 Å². The highest BCUT2D eigenvalue weighted by molar-refractivity contribution is 7.85. The lowest BCUT2D eigenvalue weighted by atomic mass is 9.90. The molecule has 1 aromatic heterocycles. The van der Waals surface area contributed by atoms with E-state index in [9.17, 15) is 9.00 Å². The van der Waals surface area contributed by atoms with Gasteiger partial charge in [-0.3, -0.25) is 9.19 Å². The number of nitrogens with one attached hydrogen (secondary N) is 1. The van der Waals surface area contributed by atoms with E-state index in [4.69, 9.17) is 4.42 Å². The largest absolute Gasteiger partial charge is 0.417 e. The molecule has 0 amide bonds. The van der Waals surface area contributed by atoms with Crippen molar-refractivity contribution in [2.45, 2.75) is 31.1 Å². The Bertz CT molecular complexity index is 1010. The zero-order valence-electron chi connectivity index (χ0n) is 16.1. The van der Waals surface area contributed by atoms with Crippen molar-refractivity contribution < 1.29 is 8.63 Å². The lowest BCUT2D eigenvalue weighted by Gasteiger charge is -2.31. The van der Waals surface area contributed by atoms with Gasteiger partial charge in [0, 0.05) is 17.2 Å². The predicted molar refractivity (Wildman–Crippen MR) is 112 cm³/mol. The van der Waals surface area contributed by atoms with Gasteiger partial charge in [-0.15, -0.1) is 0 Å². The Hall–Kier alpha value is -2.18. The number of likely N-dealkylation sites (tertiary alicyclic amines) is 1. The number of nitrogens with zero attached hydrogens (tertiary/aromatic N) is 1. The second kappa shape index (κ2) is 8.45. The number of oxazole rings is 1. The van der Waals surface area contributed by atoms with Crippen LogP contribution in [0.3, 0.4) is 0 Å². The van der Waals surface area contributed by atoms with Gasteiger partial charge in [-0.2, -0.15) is 0 Å². The summed E-state index contributed by atoms with van der Waals surface area (Å²) >= 11 is 0. The first kappa shape index (κ1) is 19.2. The van der Waals surface area contributed by atoms with Crippen LogP contribution in [0.1, 0.15) is 24.0 Å². The maximum atomic E-state index is 12.6. The molecule has 0 spiro atoms. The van der Waals surface area contributed by atoms with Crippen LogP contribution in [0.4, 0.5) is 0 Å². The summed E-state index contributed by atoms with van der Waals surface area (Å²) in [5.74, 6) is 0.859. The van der Waals surface area contributed by atoms with Gasteiger partial charge in [0.1, 0.15) is 0 Å². The Kier molecular flexibility index (Phi) is 5.78. The van der Waals surface area contributed by atoms with E-state index in [-0.39, 0.29) is 0 Å². The number of benzene rings is 2. The van der Waals surface area contributed by atoms with Crippen molar-refractivity contribution in [1.82, 2.24) is 9.88 Å². The molecule has 2 heterocycles. The number of hydrogen-bond donors (Lipinski definition) is 1. The van der Waals surface area contributed by atoms with E-state index in [1.165, 1.54) is 24.0 Å². The molecular formula is C22H26N2O3S. The van der Waals surface area contributed by atoms with Crippen molar-refractivity contribution in [1.29, 1.82) is 0 Å². The molecule has 6 heteroatoms. The van der Waals surface area contributed by atoms with E-state index in [0.29, 0.717) is 21.7 Å². The summed E-state index contributed by atoms with van der Waals surface area (Å²) in [5, 5.41) is 0. The minimum Gasteiger partial charge on any atom is -0.408 e. The molecular weight excluding hydrogens is 372 g/mol. The molecule has 5 nitrogen and oxygen atoms in total. The van der Waals surface area contributed by atoms with E-state index in [2.05, 4.69) is 41.1 Å². The highest BCUT2D eigenvalue weighted by Gasteiger charge is 2.20.